The van der Waals surface area contributed by atoms with Crippen LogP contribution in [0.3, 0.4) is 0 Å². The van der Waals surface area contributed by atoms with Gasteiger partial charge in [0, 0.05) is 11.1 Å². The quantitative estimate of drug-likeness (QED) is 0.878. The Labute approximate surface area is 109 Å². The average Bonchev–Trinajstić information content (AvgIpc) is 3.07. The lowest BCUT2D eigenvalue weighted by atomic mass is 10.0. The van der Waals surface area contributed by atoms with Crippen LogP contribution in [0.15, 0.2) is 28.7 Å². The number of rotatable bonds is 6. The van der Waals surface area contributed by atoms with Gasteiger partial charge >= 0.3 is 5.97 Å². The van der Waals surface area contributed by atoms with Crippen molar-refractivity contribution in [2.24, 2.45) is 5.92 Å². The predicted molar refractivity (Wildman–Crippen MR) is 68.1 cm³/mol. The summed E-state index contributed by atoms with van der Waals surface area (Å²) in [5.41, 5.74) is 0.780. The van der Waals surface area contributed by atoms with Crippen LogP contribution in [0.25, 0.3) is 0 Å². The van der Waals surface area contributed by atoms with Gasteiger partial charge in [-0.2, -0.15) is 0 Å². The van der Waals surface area contributed by atoms with E-state index in [1.165, 1.54) is 12.8 Å². The van der Waals surface area contributed by atoms with Crippen LogP contribution < -0.4 is 0 Å². The van der Waals surface area contributed by atoms with Crippen LogP contribution in [-0.2, 0) is 9.53 Å². The van der Waals surface area contributed by atoms with Crippen molar-refractivity contribution in [3.8, 4) is 0 Å². The third kappa shape index (κ3) is 3.82. The number of ether oxygens (including phenoxy) is 1. The minimum atomic E-state index is -0.834. The van der Waals surface area contributed by atoms with E-state index in [1.54, 1.807) is 0 Å². The van der Waals surface area contributed by atoms with Crippen LogP contribution >= 0.6 is 15.9 Å². The van der Waals surface area contributed by atoms with Gasteiger partial charge in [0.2, 0.25) is 0 Å². The molecule has 0 aliphatic heterocycles. The molecule has 0 radical (unpaired) electrons. The predicted octanol–water partition coefficient (Wildman–Crippen LogP) is 3.04. The van der Waals surface area contributed by atoms with Gasteiger partial charge in [-0.15, -0.1) is 0 Å². The second-order valence-electron chi connectivity index (χ2n) is 4.43. The fraction of sp³-hybridized carbons (Fsp3) is 0.462. The largest absolute Gasteiger partial charge is 0.481 e. The Morgan fingerprint density at radius 1 is 1.53 bits per heavy atom. The molecule has 17 heavy (non-hydrogen) atoms. The first-order valence-electron chi connectivity index (χ1n) is 5.73. The first-order valence-corrected chi connectivity index (χ1v) is 6.52. The molecule has 1 N–H and O–H groups in total. The maximum absolute atomic E-state index is 11.2. The number of carboxylic acids is 1. The zero-order valence-electron chi connectivity index (χ0n) is 9.43. The van der Waals surface area contributed by atoms with Gasteiger partial charge in [-0.25, -0.2) is 0 Å². The van der Waals surface area contributed by atoms with Gasteiger partial charge in [-0.3, -0.25) is 4.79 Å². The highest BCUT2D eigenvalue weighted by molar-refractivity contribution is 9.10. The average molecular weight is 299 g/mol. The van der Waals surface area contributed by atoms with Crippen LogP contribution in [-0.4, -0.2) is 24.3 Å². The molecule has 1 aliphatic rings. The molecule has 1 aliphatic carbocycles. The number of carboxylic acid groups (broad SMARTS) is 1. The number of halogens is 1. The Bertz CT molecular complexity index is 401. The zero-order chi connectivity index (χ0) is 12.3. The van der Waals surface area contributed by atoms with Crippen LogP contribution in [0.4, 0.5) is 0 Å². The highest BCUT2D eigenvalue weighted by atomic mass is 79.9. The molecular weight excluding hydrogens is 284 g/mol. The molecule has 1 aromatic rings. The second kappa shape index (κ2) is 5.65. The minimum absolute atomic E-state index is 0.252. The van der Waals surface area contributed by atoms with Gasteiger partial charge in [0.15, 0.2) is 0 Å². The van der Waals surface area contributed by atoms with Crippen LogP contribution in [0.1, 0.15) is 24.3 Å². The van der Waals surface area contributed by atoms with Crippen molar-refractivity contribution < 1.29 is 14.6 Å². The zero-order valence-corrected chi connectivity index (χ0v) is 11.0. The lowest BCUT2D eigenvalue weighted by molar-refractivity contribution is -0.140. The van der Waals surface area contributed by atoms with E-state index in [0.717, 1.165) is 10.0 Å². The Morgan fingerprint density at radius 3 is 2.88 bits per heavy atom. The van der Waals surface area contributed by atoms with E-state index in [2.05, 4.69) is 15.9 Å². The normalized spacial score (nSPS) is 16.8. The van der Waals surface area contributed by atoms with Gasteiger partial charge in [0.05, 0.1) is 6.61 Å². The van der Waals surface area contributed by atoms with E-state index in [0.29, 0.717) is 12.5 Å². The Morgan fingerprint density at radius 2 is 2.29 bits per heavy atom. The van der Waals surface area contributed by atoms with Crippen molar-refractivity contribution in [1.82, 2.24) is 0 Å². The molecule has 2 rings (SSSR count). The van der Waals surface area contributed by atoms with Crippen LogP contribution in [0, 0.1) is 5.92 Å². The van der Waals surface area contributed by atoms with Gasteiger partial charge in [0.1, 0.15) is 5.92 Å². The summed E-state index contributed by atoms with van der Waals surface area (Å²) in [5, 5.41) is 9.20. The topological polar surface area (TPSA) is 46.5 Å². The molecule has 1 saturated carbocycles. The smallest absolute Gasteiger partial charge is 0.313 e. The van der Waals surface area contributed by atoms with Gasteiger partial charge in [-0.05, 0) is 36.5 Å². The van der Waals surface area contributed by atoms with Gasteiger partial charge in [-0.1, -0.05) is 28.1 Å². The molecule has 0 spiro atoms. The van der Waals surface area contributed by atoms with Crippen molar-refractivity contribution in [1.29, 1.82) is 0 Å². The summed E-state index contributed by atoms with van der Waals surface area (Å²) in [6, 6.07) is 7.38. The Hall–Kier alpha value is -0.870. The van der Waals surface area contributed by atoms with Gasteiger partial charge < -0.3 is 9.84 Å². The minimum Gasteiger partial charge on any atom is -0.481 e. The number of aliphatic carboxylic acids is 1. The Balaban J connectivity index is 1.97. The van der Waals surface area contributed by atoms with E-state index in [4.69, 9.17) is 4.74 Å². The Kier molecular flexibility index (Phi) is 4.18. The molecule has 1 aromatic carbocycles. The van der Waals surface area contributed by atoms with Crippen molar-refractivity contribution in [2.75, 3.05) is 13.2 Å². The summed E-state index contributed by atoms with van der Waals surface area (Å²) >= 11 is 3.35. The number of hydrogen-bond acceptors (Lipinski definition) is 2. The molecule has 92 valence electrons. The first kappa shape index (κ1) is 12.6. The molecule has 4 heteroatoms. The molecule has 0 heterocycles. The molecule has 0 amide bonds. The maximum Gasteiger partial charge on any atom is 0.313 e. The number of hydrogen-bond donors (Lipinski definition) is 1. The standard InChI is InChI=1S/C13H15BrO3/c14-11-3-1-2-10(6-11)12(13(15)16)8-17-7-9-4-5-9/h1-3,6,9,12H,4-5,7-8H2,(H,15,16). The van der Waals surface area contributed by atoms with Crippen LogP contribution in [0.2, 0.25) is 0 Å². The van der Waals surface area contributed by atoms with Crippen molar-refractivity contribution >= 4 is 21.9 Å². The SMILES string of the molecule is O=C(O)C(COCC1CC1)c1cccc(Br)c1. The van der Waals surface area contributed by atoms with Crippen molar-refractivity contribution in [3.63, 3.8) is 0 Å². The third-order valence-corrected chi connectivity index (χ3v) is 3.38. The third-order valence-electron chi connectivity index (χ3n) is 2.88. The fourth-order valence-electron chi connectivity index (χ4n) is 1.67. The van der Waals surface area contributed by atoms with E-state index >= 15 is 0 Å². The van der Waals surface area contributed by atoms with E-state index in [-0.39, 0.29) is 6.61 Å². The van der Waals surface area contributed by atoms with Crippen molar-refractivity contribution in [3.05, 3.63) is 34.3 Å². The second-order valence-corrected chi connectivity index (χ2v) is 5.34. The van der Waals surface area contributed by atoms with Crippen LogP contribution in [0.5, 0.6) is 0 Å². The summed E-state index contributed by atoms with van der Waals surface area (Å²) in [6.07, 6.45) is 2.43. The summed E-state index contributed by atoms with van der Waals surface area (Å²) < 4.78 is 6.37. The van der Waals surface area contributed by atoms with E-state index < -0.39 is 11.9 Å². The molecule has 0 aromatic heterocycles. The summed E-state index contributed by atoms with van der Waals surface area (Å²) in [5.74, 6) is -0.753. The number of carbonyl (C=O) groups is 1. The van der Waals surface area contributed by atoms with Crippen molar-refractivity contribution in [2.45, 2.75) is 18.8 Å². The molecular formula is C13H15BrO3. The maximum atomic E-state index is 11.2. The number of benzene rings is 1. The summed E-state index contributed by atoms with van der Waals surface area (Å²) in [6.45, 7) is 0.945. The molecule has 0 bridgehead atoms. The molecule has 3 nitrogen and oxygen atoms in total. The highest BCUT2D eigenvalue weighted by Gasteiger charge is 2.24. The summed E-state index contributed by atoms with van der Waals surface area (Å²) in [7, 11) is 0. The monoisotopic (exact) mass is 298 g/mol. The molecule has 1 fully saturated rings. The lowest BCUT2D eigenvalue weighted by Gasteiger charge is -2.13. The molecule has 1 unspecified atom stereocenters. The van der Waals surface area contributed by atoms with E-state index in [1.807, 2.05) is 24.3 Å². The first-order chi connectivity index (χ1) is 8.16. The fourth-order valence-corrected chi connectivity index (χ4v) is 2.09. The lowest BCUT2D eigenvalue weighted by Crippen LogP contribution is -2.18. The highest BCUT2D eigenvalue weighted by Crippen LogP contribution is 2.29. The van der Waals surface area contributed by atoms with E-state index in [9.17, 15) is 9.90 Å². The van der Waals surface area contributed by atoms with Gasteiger partial charge in [0.25, 0.3) is 0 Å². The molecule has 0 saturated heterocycles. The summed E-state index contributed by atoms with van der Waals surface area (Å²) in [4.78, 5) is 11.2. The molecule has 1 atom stereocenters.